The summed E-state index contributed by atoms with van der Waals surface area (Å²) >= 11 is 0. The van der Waals surface area contributed by atoms with E-state index in [9.17, 15) is 22.8 Å². The minimum Gasteiger partial charge on any atom is -0.329 e. The summed E-state index contributed by atoms with van der Waals surface area (Å²) < 4.78 is 39.1. The molecule has 2 saturated carbocycles. The van der Waals surface area contributed by atoms with Crippen LogP contribution in [0.4, 0.5) is 13.2 Å². The number of nitrogens with one attached hydrogen (secondary N) is 2. The van der Waals surface area contributed by atoms with Crippen LogP contribution in [0.1, 0.15) is 85.7 Å². The van der Waals surface area contributed by atoms with Crippen molar-refractivity contribution in [3.63, 3.8) is 0 Å². The molecule has 8 heteroatoms. The SMILES string of the molecule is C=C1CCC(N2Cc3cc(C[C@H]4CCCC[C@@H]4NC4CCC(C(F)(F)F)CC4)ccc3C2=O)C(=O)N1. The van der Waals surface area contributed by atoms with Gasteiger partial charge in [0, 0.05) is 29.9 Å². The lowest BCUT2D eigenvalue weighted by molar-refractivity contribution is -0.182. The van der Waals surface area contributed by atoms with Crippen molar-refractivity contribution in [2.45, 2.75) is 101 Å². The number of allylic oxidation sites excluding steroid dienone is 1. The fourth-order valence-corrected chi connectivity index (χ4v) is 6.70. The van der Waals surface area contributed by atoms with Crippen molar-refractivity contribution in [2.75, 3.05) is 0 Å². The Bertz CT molecular complexity index is 1020. The Morgan fingerprint density at radius 3 is 2.50 bits per heavy atom. The summed E-state index contributed by atoms with van der Waals surface area (Å²) in [6.07, 6.45) is 4.19. The second kappa shape index (κ2) is 10.2. The number of carbonyl (C=O) groups excluding carboxylic acids is 2. The number of fused-ring (bicyclic) bond motifs is 1. The molecule has 5 nitrogen and oxygen atoms in total. The van der Waals surface area contributed by atoms with Gasteiger partial charge in [0.1, 0.15) is 6.04 Å². The van der Waals surface area contributed by atoms with Crippen LogP contribution in [0.25, 0.3) is 0 Å². The Balaban J connectivity index is 1.21. The van der Waals surface area contributed by atoms with Crippen LogP contribution in [0, 0.1) is 11.8 Å². The van der Waals surface area contributed by atoms with Gasteiger partial charge in [-0.05, 0) is 80.9 Å². The van der Waals surface area contributed by atoms with E-state index >= 15 is 0 Å². The molecule has 1 aromatic carbocycles. The summed E-state index contributed by atoms with van der Waals surface area (Å²) in [6.45, 7) is 4.27. The van der Waals surface area contributed by atoms with E-state index < -0.39 is 18.1 Å². The molecule has 4 aliphatic rings. The molecule has 196 valence electrons. The van der Waals surface area contributed by atoms with Crippen LogP contribution in [-0.2, 0) is 17.8 Å². The zero-order chi connectivity index (χ0) is 25.4. The molecule has 5 rings (SSSR count). The van der Waals surface area contributed by atoms with Crippen LogP contribution in [0.3, 0.4) is 0 Å². The van der Waals surface area contributed by atoms with Crippen molar-refractivity contribution in [1.29, 1.82) is 0 Å². The van der Waals surface area contributed by atoms with Crippen LogP contribution >= 0.6 is 0 Å². The summed E-state index contributed by atoms with van der Waals surface area (Å²) in [5.41, 5.74) is 3.53. The van der Waals surface area contributed by atoms with Gasteiger partial charge < -0.3 is 15.5 Å². The molecule has 3 fully saturated rings. The molecule has 3 atom stereocenters. The molecule has 1 saturated heterocycles. The van der Waals surface area contributed by atoms with Crippen molar-refractivity contribution in [1.82, 2.24) is 15.5 Å². The molecule has 2 aliphatic carbocycles. The maximum absolute atomic E-state index is 13.0. The first kappa shape index (κ1) is 25.3. The molecule has 2 amide bonds. The van der Waals surface area contributed by atoms with Crippen molar-refractivity contribution in [3.05, 3.63) is 47.2 Å². The first-order valence-corrected chi connectivity index (χ1v) is 13.4. The van der Waals surface area contributed by atoms with Gasteiger partial charge in [-0.3, -0.25) is 9.59 Å². The van der Waals surface area contributed by atoms with Gasteiger partial charge in [0.05, 0.1) is 5.92 Å². The number of halogens is 3. The van der Waals surface area contributed by atoms with E-state index in [4.69, 9.17) is 0 Å². The van der Waals surface area contributed by atoms with E-state index in [-0.39, 0.29) is 30.7 Å². The third-order valence-electron chi connectivity index (χ3n) is 8.75. The number of rotatable bonds is 5. The highest BCUT2D eigenvalue weighted by Gasteiger charge is 2.42. The van der Waals surface area contributed by atoms with Gasteiger partial charge in [-0.15, -0.1) is 0 Å². The molecule has 1 aromatic rings. The van der Waals surface area contributed by atoms with Gasteiger partial charge in [0.2, 0.25) is 5.91 Å². The molecule has 36 heavy (non-hydrogen) atoms. The van der Waals surface area contributed by atoms with E-state index in [0.29, 0.717) is 55.4 Å². The van der Waals surface area contributed by atoms with Gasteiger partial charge >= 0.3 is 6.18 Å². The lowest BCUT2D eigenvalue weighted by Gasteiger charge is -2.38. The zero-order valence-corrected chi connectivity index (χ0v) is 20.7. The highest BCUT2D eigenvalue weighted by molar-refractivity contribution is 6.01. The number of benzene rings is 1. The maximum atomic E-state index is 13.0. The minimum atomic E-state index is -4.07. The number of amides is 2. The topological polar surface area (TPSA) is 61.4 Å². The Hall–Kier alpha value is -2.35. The van der Waals surface area contributed by atoms with Crippen molar-refractivity contribution in [3.8, 4) is 0 Å². The van der Waals surface area contributed by atoms with Gasteiger partial charge in [0.25, 0.3) is 5.91 Å². The van der Waals surface area contributed by atoms with Gasteiger partial charge in [0.15, 0.2) is 0 Å². The summed E-state index contributed by atoms with van der Waals surface area (Å²) in [5.74, 6) is -0.964. The number of nitrogens with zero attached hydrogens (tertiary/aromatic N) is 1. The Morgan fingerprint density at radius 2 is 1.78 bits per heavy atom. The molecule has 0 radical (unpaired) electrons. The number of piperidine rings is 1. The summed E-state index contributed by atoms with van der Waals surface area (Å²) in [4.78, 5) is 27.2. The Morgan fingerprint density at radius 1 is 1.03 bits per heavy atom. The summed E-state index contributed by atoms with van der Waals surface area (Å²) in [5, 5.41) is 6.51. The molecule has 0 spiro atoms. The number of alkyl halides is 3. The standard InChI is InChI=1S/C28H36F3N3O2/c1-17-6-13-25(26(35)32-17)34-16-20-15-18(7-12-23(20)27(34)36)14-19-4-2-3-5-24(19)33-22-10-8-21(9-11-22)28(29,30)31/h7,12,15,19,21-22,24-25,33H,1-6,8-11,13-14,16H2,(H,32,35)/t19-,21?,22?,24+,25?/m1/s1. The van der Waals surface area contributed by atoms with E-state index in [1.54, 1.807) is 4.90 Å². The molecule has 2 aliphatic heterocycles. The highest BCUT2D eigenvalue weighted by Crippen LogP contribution is 2.38. The van der Waals surface area contributed by atoms with Crippen molar-refractivity contribution < 1.29 is 22.8 Å². The lowest BCUT2D eigenvalue weighted by Crippen LogP contribution is -2.49. The third-order valence-corrected chi connectivity index (χ3v) is 8.75. The highest BCUT2D eigenvalue weighted by atomic mass is 19.4. The number of carbonyl (C=O) groups is 2. The maximum Gasteiger partial charge on any atom is 0.391 e. The molecule has 1 unspecified atom stereocenters. The molecule has 0 aromatic heterocycles. The van der Waals surface area contributed by atoms with Crippen LogP contribution in [0.15, 0.2) is 30.5 Å². The monoisotopic (exact) mass is 503 g/mol. The van der Waals surface area contributed by atoms with Gasteiger partial charge in [-0.2, -0.15) is 13.2 Å². The quantitative estimate of drug-likeness (QED) is 0.577. The van der Waals surface area contributed by atoms with Crippen LogP contribution in [-0.4, -0.2) is 41.0 Å². The van der Waals surface area contributed by atoms with E-state index in [1.807, 2.05) is 12.1 Å². The minimum absolute atomic E-state index is 0.0871. The third kappa shape index (κ3) is 5.34. The Labute approximate surface area is 210 Å². The second-order valence-corrected chi connectivity index (χ2v) is 11.2. The molecule has 0 bridgehead atoms. The largest absolute Gasteiger partial charge is 0.391 e. The predicted octanol–water partition coefficient (Wildman–Crippen LogP) is 5.25. The number of hydrogen-bond donors (Lipinski definition) is 2. The first-order valence-electron chi connectivity index (χ1n) is 13.4. The van der Waals surface area contributed by atoms with Crippen LogP contribution < -0.4 is 10.6 Å². The molecular weight excluding hydrogens is 467 g/mol. The van der Waals surface area contributed by atoms with Gasteiger partial charge in [-0.1, -0.05) is 31.6 Å². The zero-order valence-electron chi connectivity index (χ0n) is 20.7. The van der Waals surface area contributed by atoms with Crippen LogP contribution in [0.5, 0.6) is 0 Å². The fraction of sp³-hybridized carbons (Fsp3) is 0.643. The average molecular weight is 504 g/mol. The summed E-state index contributed by atoms with van der Waals surface area (Å²) in [6, 6.07) is 6.07. The van der Waals surface area contributed by atoms with Crippen molar-refractivity contribution >= 4 is 11.8 Å². The van der Waals surface area contributed by atoms with E-state index in [2.05, 4.69) is 23.3 Å². The van der Waals surface area contributed by atoms with E-state index in [1.165, 1.54) is 12.0 Å². The predicted molar refractivity (Wildman–Crippen MR) is 131 cm³/mol. The van der Waals surface area contributed by atoms with Gasteiger partial charge in [-0.25, -0.2) is 0 Å². The Kier molecular flexibility index (Phi) is 7.16. The fourth-order valence-electron chi connectivity index (χ4n) is 6.70. The molecular formula is C28H36F3N3O2. The summed E-state index contributed by atoms with van der Waals surface area (Å²) in [7, 11) is 0. The lowest BCUT2D eigenvalue weighted by atomic mass is 9.78. The second-order valence-electron chi connectivity index (χ2n) is 11.2. The molecule has 2 heterocycles. The van der Waals surface area contributed by atoms with Crippen LogP contribution in [0.2, 0.25) is 0 Å². The number of hydrogen-bond acceptors (Lipinski definition) is 3. The normalized spacial score (nSPS) is 31.4. The molecule has 2 N–H and O–H groups in total. The smallest absolute Gasteiger partial charge is 0.329 e. The van der Waals surface area contributed by atoms with E-state index in [0.717, 1.165) is 31.2 Å². The average Bonchev–Trinajstić information content (AvgIpc) is 3.15. The van der Waals surface area contributed by atoms with Crippen molar-refractivity contribution in [2.24, 2.45) is 11.8 Å². The first-order chi connectivity index (χ1) is 17.2.